The van der Waals surface area contributed by atoms with Gasteiger partial charge in [0.1, 0.15) is 12.7 Å². The summed E-state index contributed by atoms with van der Waals surface area (Å²) in [5, 5.41) is 18.3. The van der Waals surface area contributed by atoms with Gasteiger partial charge in [-0.1, -0.05) is 0 Å². The molecule has 0 aromatic heterocycles. The van der Waals surface area contributed by atoms with Crippen molar-refractivity contribution in [1.29, 1.82) is 0 Å². The molecule has 1 aliphatic heterocycles. The molecular weight excluding hydrogens is 246 g/mol. The number of aliphatic hydroxyl groups is 2. The molecule has 4 N–H and O–H groups in total. The Morgan fingerprint density at radius 1 is 1.18 bits per heavy atom. The van der Waals surface area contributed by atoms with E-state index in [9.17, 15) is 0 Å². The molecule has 1 aliphatic rings. The van der Waals surface area contributed by atoms with Gasteiger partial charge in [-0.15, -0.1) is 12.4 Å². The number of fused-ring (bicyclic) bond motifs is 1. The van der Waals surface area contributed by atoms with Crippen LogP contribution in [0.5, 0.6) is 11.5 Å². The summed E-state index contributed by atoms with van der Waals surface area (Å²) in [6.45, 7) is 0.523. The Kier molecular flexibility index (Phi) is 5.02. The molecule has 0 saturated carbocycles. The van der Waals surface area contributed by atoms with Gasteiger partial charge in [0.2, 0.25) is 0 Å². The average Bonchev–Trinajstić information content (AvgIpc) is 2.36. The summed E-state index contributed by atoms with van der Waals surface area (Å²) >= 11 is 0. The fourth-order valence-electron chi connectivity index (χ4n) is 1.66. The summed E-state index contributed by atoms with van der Waals surface area (Å²) in [7, 11) is 0. The number of hydrogen-bond acceptors (Lipinski definition) is 5. The molecule has 0 unspecified atom stereocenters. The standard InChI is InChI=1S/C11H15NO4.ClH/c12-3-9-6-15-10-1-7(4-13)8(5-14)2-11(10)16-9;/h1-2,9,13-14H,3-6,12H2;1H/t9-;/m0./s1. The van der Waals surface area contributed by atoms with Gasteiger partial charge in [-0.3, -0.25) is 0 Å². The minimum absolute atomic E-state index is 0. The number of benzene rings is 1. The van der Waals surface area contributed by atoms with E-state index in [1.807, 2.05) is 0 Å². The Balaban J connectivity index is 0.00000144. The number of ether oxygens (including phenoxy) is 2. The lowest BCUT2D eigenvalue weighted by molar-refractivity contribution is 0.0960. The van der Waals surface area contributed by atoms with Crippen molar-refractivity contribution in [2.75, 3.05) is 13.2 Å². The lowest BCUT2D eigenvalue weighted by atomic mass is 10.1. The van der Waals surface area contributed by atoms with Gasteiger partial charge in [0.25, 0.3) is 0 Å². The molecule has 1 aromatic carbocycles. The molecule has 0 radical (unpaired) electrons. The molecule has 1 aromatic rings. The Labute approximate surface area is 106 Å². The van der Waals surface area contributed by atoms with Gasteiger partial charge in [0.05, 0.1) is 13.2 Å². The maximum atomic E-state index is 9.14. The van der Waals surface area contributed by atoms with Gasteiger partial charge < -0.3 is 25.4 Å². The van der Waals surface area contributed by atoms with E-state index in [2.05, 4.69) is 0 Å². The molecule has 6 heteroatoms. The van der Waals surface area contributed by atoms with E-state index < -0.39 is 0 Å². The van der Waals surface area contributed by atoms with Crippen molar-refractivity contribution in [3.63, 3.8) is 0 Å². The Bertz CT molecular complexity index is 386. The van der Waals surface area contributed by atoms with Crippen LogP contribution in [0.2, 0.25) is 0 Å². The van der Waals surface area contributed by atoms with Gasteiger partial charge in [-0.2, -0.15) is 0 Å². The van der Waals surface area contributed by atoms with E-state index in [1.54, 1.807) is 12.1 Å². The first kappa shape index (κ1) is 14.1. The van der Waals surface area contributed by atoms with Crippen LogP contribution in [0.15, 0.2) is 12.1 Å². The van der Waals surface area contributed by atoms with E-state index in [0.29, 0.717) is 35.8 Å². The predicted molar refractivity (Wildman–Crippen MR) is 64.5 cm³/mol. The molecule has 0 fully saturated rings. The summed E-state index contributed by atoms with van der Waals surface area (Å²) in [6, 6.07) is 3.37. The highest BCUT2D eigenvalue weighted by molar-refractivity contribution is 5.85. The molecule has 0 spiro atoms. The highest BCUT2D eigenvalue weighted by atomic mass is 35.5. The smallest absolute Gasteiger partial charge is 0.162 e. The lowest BCUT2D eigenvalue weighted by Gasteiger charge is -2.26. The quantitative estimate of drug-likeness (QED) is 0.723. The van der Waals surface area contributed by atoms with Crippen LogP contribution < -0.4 is 15.2 Å². The van der Waals surface area contributed by atoms with Gasteiger partial charge in [0, 0.05) is 6.54 Å². The molecule has 1 atom stereocenters. The first-order valence-corrected chi connectivity index (χ1v) is 5.15. The summed E-state index contributed by atoms with van der Waals surface area (Å²) in [5.41, 5.74) is 6.78. The Morgan fingerprint density at radius 2 is 1.76 bits per heavy atom. The molecule has 17 heavy (non-hydrogen) atoms. The summed E-state index contributed by atoms with van der Waals surface area (Å²) in [6.07, 6.45) is -0.154. The number of halogens is 1. The fourth-order valence-corrected chi connectivity index (χ4v) is 1.66. The summed E-state index contributed by atoms with van der Waals surface area (Å²) < 4.78 is 11.1. The molecule has 96 valence electrons. The monoisotopic (exact) mass is 261 g/mol. The average molecular weight is 262 g/mol. The number of nitrogens with two attached hydrogens (primary N) is 1. The van der Waals surface area contributed by atoms with Crippen molar-refractivity contribution in [2.24, 2.45) is 5.73 Å². The van der Waals surface area contributed by atoms with Crippen molar-refractivity contribution in [3.05, 3.63) is 23.3 Å². The van der Waals surface area contributed by atoms with Crippen LogP contribution in [0.3, 0.4) is 0 Å². The molecule has 0 bridgehead atoms. The zero-order valence-corrected chi connectivity index (χ0v) is 10.1. The van der Waals surface area contributed by atoms with Crippen LogP contribution in [0.4, 0.5) is 0 Å². The summed E-state index contributed by atoms with van der Waals surface area (Å²) in [5.74, 6) is 1.16. The number of aliphatic hydroxyl groups excluding tert-OH is 2. The van der Waals surface area contributed by atoms with Crippen molar-refractivity contribution < 1.29 is 19.7 Å². The molecule has 0 amide bonds. The van der Waals surface area contributed by atoms with Crippen LogP contribution >= 0.6 is 12.4 Å². The fraction of sp³-hybridized carbons (Fsp3) is 0.455. The third-order valence-corrected chi connectivity index (χ3v) is 2.59. The van der Waals surface area contributed by atoms with Crippen LogP contribution in [-0.4, -0.2) is 29.5 Å². The normalized spacial score (nSPS) is 17.5. The zero-order chi connectivity index (χ0) is 11.5. The van der Waals surface area contributed by atoms with Gasteiger partial charge in [-0.05, 0) is 23.3 Å². The topological polar surface area (TPSA) is 84.9 Å². The van der Waals surface area contributed by atoms with E-state index in [1.165, 1.54) is 0 Å². The van der Waals surface area contributed by atoms with Crippen molar-refractivity contribution in [1.82, 2.24) is 0 Å². The van der Waals surface area contributed by atoms with E-state index in [4.69, 9.17) is 25.4 Å². The van der Waals surface area contributed by atoms with Crippen molar-refractivity contribution in [3.8, 4) is 11.5 Å². The largest absolute Gasteiger partial charge is 0.486 e. The SMILES string of the molecule is Cl.NC[C@H]1COc2cc(CO)c(CO)cc2O1. The summed E-state index contributed by atoms with van der Waals surface area (Å²) in [4.78, 5) is 0. The second-order valence-corrected chi connectivity index (χ2v) is 3.67. The first-order chi connectivity index (χ1) is 7.78. The minimum Gasteiger partial charge on any atom is -0.486 e. The third-order valence-electron chi connectivity index (χ3n) is 2.59. The molecule has 1 heterocycles. The predicted octanol–water partition coefficient (Wildman–Crippen LogP) is 0.191. The van der Waals surface area contributed by atoms with E-state index in [-0.39, 0.29) is 31.7 Å². The minimum atomic E-state index is -0.154. The molecular formula is C11H16ClNO4. The maximum Gasteiger partial charge on any atom is 0.162 e. The van der Waals surface area contributed by atoms with Crippen molar-refractivity contribution >= 4 is 12.4 Å². The van der Waals surface area contributed by atoms with Crippen molar-refractivity contribution in [2.45, 2.75) is 19.3 Å². The van der Waals surface area contributed by atoms with Crippen LogP contribution in [0, 0.1) is 0 Å². The molecule has 5 nitrogen and oxygen atoms in total. The molecule has 2 rings (SSSR count). The number of rotatable bonds is 3. The van der Waals surface area contributed by atoms with Crippen LogP contribution in [0.25, 0.3) is 0 Å². The van der Waals surface area contributed by atoms with E-state index in [0.717, 1.165) is 0 Å². The lowest BCUT2D eigenvalue weighted by Crippen LogP contribution is -2.35. The van der Waals surface area contributed by atoms with Gasteiger partial charge >= 0.3 is 0 Å². The second kappa shape index (κ2) is 6.07. The Morgan fingerprint density at radius 3 is 2.29 bits per heavy atom. The second-order valence-electron chi connectivity index (χ2n) is 3.67. The highest BCUT2D eigenvalue weighted by Crippen LogP contribution is 2.34. The van der Waals surface area contributed by atoms with E-state index >= 15 is 0 Å². The van der Waals surface area contributed by atoms with Gasteiger partial charge in [-0.25, -0.2) is 0 Å². The third kappa shape index (κ3) is 2.81. The Hall–Kier alpha value is -1.01. The number of hydrogen-bond donors (Lipinski definition) is 3. The molecule has 0 aliphatic carbocycles. The van der Waals surface area contributed by atoms with Crippen LogP contribution in [0.1, 0.15) is 11.1 Å². The van der Waals surface area contributed by atoms with Crippen LogP contribution in [-0.2, 0) is 13.2 Å². The molecule has 0 saturated heterocycles. The first-order valence-electron chi connectivity index (χ1n) is 5.15. The zero-order valence-electron chi connectivity index (χ0n) is 9.26. The van der Waals surface area contributed by atoms with Gasteiger partial charge in [0.15, 0.2) is 11.5 Å². The maximum absolute atomic E-state index is 9.14. The highest BCUT2D eigenvalue weighted by Gasteiger charge is 2.21.